The van der Waals surface area contributed by atoms with Crippen LogP contribution in [0.15, 0.2) is 23.3 Å². The number of benzene rings is 1. The highest BCUT2D eigenvalue weighted by molar-refractivity contribution is 7.88. The first-order chi connectivity index (χ1) is 13.2. The van der Waals surface area contributed by atoms with Crippen molar-refractivity contribution in [2.24, 2.45) is 5.10 Å². The molecule has 0 atom stereocenters. The third-order valence-electron chi connectivity index (χ3n) is 4.51. The van der Waals surface area contributed by atoms with Crippen molar-refractivity contribution in [3.63, 3.8) is 0 Å². The molecule has 1 amide bonds. The lowest BCUT2D eigenvalue weighted by molar-refractivity contribution is -0.385. The number of amides is 1. The van der Waals surface area contributed by atoms with Gasteiger partial charge in [-0.15, -0.1) is 0 Å². The van der Waals surface area contributed by atoms with E-state index < -0.39 is 20.9 Å². The monoisotopic (exact) mass is 412 g/mol. The summed E-state index contributed by atoms with van der Waals surface area (Å²) >= 11 is 0. The Balaban J connectivity index is 2.02. The quantitative estimate of drug-likeness (QED) is 0.392. The Morgan fingerprint density at radius 3 is 2.64 bits per heavy atom. The largest absolute Gasteiger partial charge is 0.490 e. The second-order valence-corrected chi connectivity index (χ2v) is 8.52. The molecule has 1 aliphatic carbocycles. The van der Waals surface area contributed by atoms with Crippen molar-refractivity contribution < 1.29 is 22.9 Å². The zero-order valence-electron chi connectivity index (χ0n) is 15.8. The first-order valence-corrected chi connectivity index (χ1v) is 10.7. The third kappa shape index (κ3) is 5.99. The van der Waals surface area contributed by atoms with Crippen LogP contribution in [0.25, 0.3) is 0 Å². The van der Waals surface area contributed by atoms with Gasteiger partial charge in [-0.2, -0.15) is 9.41 Å². The van der Waals surface area contributed by atoms with E-state index in [0.29, 0.717) is 5.56 Å². The topological polar surface area (TPSA) is 131 Å². The SMILES string of the molecule is COc1ccc(/C=N/NC(=O)CN(C2CCCCC2)S(C)(=O)=O)cc1[N+](=O)[O-]. The molecular weight excluding hydrogens is 388 g/mol. The second kappa shape index (κ2) is 9.60. The molecule has 0 aromatic heterocycles. The fraction of sp³-hybridized carbons (Fsp3) is 0.529. The summed E-state index contributed by atoms with van der Waals surface area (Å²) in [4.78, 5) is 22.6. The summed E-state index contributed by atoms with van der Waals surface area (Å²) < 4.78 is 30.2. The number of methoxy groups -OCH3 is 1. The van der Waals surface area contributed by atoms with Crippen LogP contribution in [0.2, 0.25) is 0 Å². The molecule has 1 aliphatic rings. The number of carbonyl (C=O) groups is 1. The molecule has 10 nitrogen and oxygen atoms in total. The molecule has 11 heteroatoms. The lowest BCUT2D eigenvalue weighted by atomic mass is 9.95. The fourth-order valence-corrected chi connectivity index (χ4v) is 4.28. The maximum absolute atomic E-state index is 12.1. The number of nitro groups is 1. The average molecular weight is 412 g/mol. The van der Waals surface area contributed by atoms with Gasteiger partial charge in [0.05, 0.1) is 31.0 Å². The molecule has 0 radical (unpaired) electrons. The van der Waals surface area contributed by atoms with Gasteiger partial charge < -0.3 is 4.74 Å². The number of nitro benzene ring substituents is 1. The van der Waals surface area contributed by atoms with Gasteiger partial charge in [-0.05, 0) is 25.0 Å². The number of sulfonamides is 1. The lowest BCUT2D eigenvalue weighted by Gasteiger charge is -2.31. The Morgan fingerprint density at radius 1 is 1.39 bits per heavy atom. The summed E-state index contributed by atoms with van der Waals surface area (Å²) in [6, 6.07) is 4.06. The molecule has 1 fully saturated rings. The minimum Gasteiger partial charge on any atom is -0.490 e. The summed E-state index contributed by atoms with van der Waals surface area (Å²) in [5, 5.41) is 14.8. The van der Waals surface area contributed by atoms with Gasteiger partial charge in [0.2, 0.25) is 10.0 Å². The predicted octanol–water partition coefficient (Wildman–Crippen LogP) is 1.65. The Bertz CT molecular complexity index is 849. The number of ether oxygens (including phenoxy) is 1. The van der Waals surface area contributed by atoms with Crippen LogP contribution in [0.3, 0.4) is 0 Å². The molecule has 1 aromatic carbocycles. The van der Waals surface area contributed by atoms with Gasteiger partial charge in [0.25, 0.3) is 5.91 Å². The minimum absolute atomic E-state index is 0.113. The molecule has 0 saturated heterocycles. The molecule has 28 heavy (non-hydrogen) atoms. The van der Waals surface area contributed by atoms with Crippen LogP contribution in [0.1, 0.15) is 37.7 Å². The van der Waals surface area contributed by atoms with Gasteiger partial charge in [0, 0.05) is 17.7 Å². The number of nitrogens with zero attached hydrogens (tertiary/aromatic N) is 3. The summed E-state index contributed by atoms with van der Waals surface area (Å²) in [6.07, 6.45) is 6.75. The van der Waals surface area contributed by atoms with E-state index in [1.165, 1.54) is 29.8 Å². The predicted molar refractivity (Wildman–Crippen MR) is 104 cm³/mol. The Morgan fingerprint density at radius 2 is 2.07 bits per heavy atom. The maximum atomic E-state index is 12.1. The van der Waals surface area contributed by atoms with Gasteiger partial charge in [0.15, 0.2) is 5.75 Å². The van der Waals surface area contributed by atoms with E-state index in [1.54, 1.807) is 6.07 Å². The highest BCUT2D eigenvalue weighted by Gasteiger charge is 2.29. The Labute approximate surface area is 163 Å². The van der Waals surface area contributed by atoms with Gasteiger partial charge in [-0.25, -0.2) is 13.8 Å². The van der Waals surface area contributed by atoms with Crippen LogP contribution < -0.4 is 10.2 Å². The van der Waals surface area contributed by atoms with E-state index in [0.717, 1.165) is 38.4 Å². The molecule has 0 heterocycles. The number of hydrazone groups is 1. The van der Waals surface area contributed by atoms with Crippen molar-refractivity contribution in [2.75, 3.05) is 19.9 Å². The number of carbonyl (C=O) groups excluding carboxylic acids is 1. The molecule has 1 saturated carbocycles. The summed E-state index contributed by atoms with van der Waals surface area (Å²) in [5.41, 5.74) is 2.44. The van der Waals surface area contributed by atoms with Crippen LogP contribution in [0.4, 0.5) is 5.69 Å². The van der Waals surface area contributed by atoms with Crippen LogP contribution >= 0.6 is 0 Å². The minimum atomic E-state index is -3.53. The first-order valence-electron chi connectivity index (χ1n) is 8.83. The van der Waals surface area contributed by atoms with Crippen molar-refractivity contribution in [3.8, 4) is 5.75 Å². The Hall–Kier alpha value is -2.53. The van der Waals surface area contributed by atoms with Crippen LogP contribution in [-0.2, 0) is 14.8 Å². The number of nitrogens with one attached hydrogen (secondary N) is 1. The smallest absolute Gasteiger partial charge is 0.311 e. The highest BCUT2D eigenvalue weighted by Crippen LogP contribution is 2.27. The number of rotatable bonds is 8. The Kier molecular flexibility index (Phi) is 7.46. The molecule has 1 N–H and O–H groups in total. The summed E-state index contributed by atoms with van der Waals surface area (Å²) in [6.45, 7) is -0.316. The molecule has 0 aliphatic heterocycles. The molecular formula is C17H24N4O6S. The van der Waals surface area contributed by atoms with Gasteiger partial charge in [-0.1, -0.05) is 19.3 Å². The zero-order valence-corrected chi connectivity index (χ0v) is 16.6. The normalized spacial score (nSPS) is 15.7. The maximum Gasteiger partial charge on any atom is 0.311 e. The molecule has 0 spiro atoms. The fourth-order valence-electron chi connectivity index (χ4n) is 3.17. The van der Waals surface area contributed by atoms with E-state index in [4.69, 9.17) is 4.74 Å². The average Bonchev–Trinajstić information content (AvgIpc) is 2.65. The lowest BCUT2D eigenvalue weighted by Crippen LogP contribution is -2.45. The van der Waals surface area contributed by atoms with Crippen molar-refractivity contribution in [1.29, 1.82) is 0 Å². The van der Waals surface area contributed by atoms with E-state index >= 15 is 0 Å². The summed E-state index contributed by atoms with van der Waals surface area (Å²) in [5.74, 6) is -0.460. The standard InChI is InChI=1S/C17H24N4O6S/c1-27-16-9-8-13(10-15(16)21(23)24)11-18-19-17(22)12-20(28(2,25)26)14-6-4-3-5-7-14/h8-11,14H,3-7,12H2,1-2H3,(H,19,22)/b18-11+. The molecule has 0 unspecified atom stereocenters. The molecule has 154 valence electrons. The molecule has 0 bridgehead atoms. The van der Waals surface area contributed by atoms with Crippen molar-refractivity contribution in [1.82, 2.24) is 9.73 Å². The van der Waals surface area contributed by atoms with Crippen LogP contribution in [-0.4, -0.2) is 55.7 Å². The van der Waals surface area contributed by atoms with Crippen LogP contribution in [0, 0.1) is 10.1 Å². The van der Waals surface area contributed by atoms with E-state index in [1.807, 2.05) is 0 Å². The number of hydrogen-bond acceptors (Lipinski definition) is 7. The van der Waals surface area contributed by atoms with Crippen molar-refractivity contribution in [3.05, 3.63) is 33.9 Å². The first kappa shape index (κ1) is 21.8. The van der Waals surface area contributed by atoms with Crippen molar-refractivity contribution in [2.45, 2.75) is 38.1 Å². The van der Waals surface area contributed by atoms with Crippen LogP contribution in [0.5, 0.6) is 5.75 Å². The van der Waals surface area contributed by atoms with Gasteiger partial charge in [-0.3, -0.25) is 14.9 Å². The molecule has 2 rings (SSSR count). The summed E-state index contributed by atoms with van der Waals surface area (Å²) in [7, 11) is -2.20. The van der Waals surface area contributed by atoms with E-state index in [2.05, 4.69) is 10.5 Å². The van der Waals surface area contributed by atoms with Gasteiger partial charge in [0.1, 0.15) is 0 Å². The molecule has 1 aromatic rings. The second-order valence-electron chi connectivity index (χ2n) is 6.58. The van der Waals surface area contributed by atoms with Crippen molar-refractivity contribution >= 4 is 27.8 Å². The third-order valence-corrected chi connectivity index (χ3v) is 5.79. The highest BCUT2D eigenvalue weighted by atomic mass is 32.2. The van der Waals surface area contributed by atoms with E-state index in [9.17, 15) is 23.3 Å². The van der Waals surface area contributed by atoms with E-state index in [-0.39, 0.29) is 24.0 Å². The van der Waals surface area contributed by atoms with Gasteiger partial charge >= 0.3 is 5.69 Å². The number of hydrogen-bond donors (Lipinski definition) is 1. The zero-order chi connectivity index (χ0) is 20.7.